The highest BCUT2D eigenvalue weighted by molar-refractivity contribution is 8.83. The molecule has 0 radical (unpaired) electrons. The van der Waals surface area contributed by atoms with Crippen LogP contribution in [0.5, 0.6) is 0 Å². The van der Waals surface area contributed by atoms with E-state index in [-0.39, 0.29) is 0 Å². The Bertz CT molecular complexity index is 66.5. The predicted octanol–water partition coefficient (Wildman–Crippen LogP) is 2.38. The second-order valence-corrected chi connectivity index (χ2v) is 5.48. The van der Waals surface area contributed by atoms with Crippen molar-refractivity contribution in [3.63, 3.8) is 0 Å². The van der Waals surface area contributed by atoms with Gasteiger partial charge in [0.15, 0.2) is 0 Å². The Morgan fingerprint density at radius 1 is 1.71 bits per heavy atom. The molecular formula is C5H12S2. The molecule has 0 amide bonds. The lowest BCUT2D eigenvalue weighted by atomic mass is 10.6. The van der Waals surface area contributed by atoms with Gasteiger partial charge in [-0.3, -0.25) is 0 Å². The van der Waals surface area contributed by atoms with E-state index in [1.54, 1.807) is 0 Å². The Kier molecular flexibility index (Phi) is 5.11. The molecular weight excluding hydrogens is 124 g/mol. The molecule has 0 N–H and O–H groups in total. The van der Waals surface area contributed by atoms with Crippen LogP contribution in [0.2, 0.25) is 0 Å². The van der Waals surface area contributed by atoms with E-state index in [0.29, 0.717) is 9.52 Å². The molecule has 0 nitrogen and oxygen atoms in total. The highest BCUT2D eigenvalue weighted by atomic mass is 33.1. The predicted molar refractivity (Wildman–Crippen MR) is 43.4 cm³/mol. The fourth-order valence-electron chi connectivity index (χ4n) is 0.303. The van der Waals surface area contributed by atoms with Crippen LogP contribution >= 0.6 is 20.3 Å². The van der Waals surface area contributed by atoms with Crippen LogP contribution in [0, 0.1) is 0 Å². The molecule has 2 heteroatoms. The van der Waals surface area contributed by atoms with Crippen molar-refractivity contribution < 1.29 is 0 Å². The normalized spacial score (nSPS) is 14.7. The zero-order valence-electron chi connectivity index (χ0n) is 5.10. The molecule has 0 aromatic carbocycles. The SMILES string of the molecule is CCC=S(C)SC. The van der Waals surface area contributed by atoms with E-state index >= 15 is 0 Å². The summed E-state index contributed by atoms with van der Waals surface area (Å²) in [7, 11) is 2.44. The Labute approximate surface area is 52.0 Å². The summed E-state index contributed by atoms with van der Waals surface area (Å²) in [5.41, 5.74) is 0. The van der Waals surface area contributed by atoms with Crippen molar-refractivity contribution in [2.75, 3.05) is 12.5 Å². The van der Waals surface area contributed by atoms with Gasteiger partial charge in [0, 0.05) is 0 Å². The third-order valence-corrected chi connectivity index (χ3v) is 3.98. The highest BCUT2D eigenvalue weighted by Crippen LogP contribution is 2.21. The van der Waals surface area contributed by atoms with E-state index in [1.807, 2.05) is 10.8 Å². The summed E-state index contributed by atoms with van der Waals surface area (Å²) in [5.74, 6) is 0. The van der Waals surface area contributed by atoms with Gasteiger partial charge in [-0.2, -0.15) is 0 Å². The summed E-state index contributed by atoms with van der Waals surface area (Å²) >= 11 is 0. The van der Waals surface area contributed by atoms with Crippen LogP contribution in [0.4, 0.5) is 0 Å². The van der Waals surface area contributed by atoms with E-state index < -0.39 is 0 Å². The van der Waals surface area contributed by atoms with Crippen LogP contribution in [0.25, 0.3) is 0 Å². The zero-order valence-corrected chi connectivity index (χ0v) is 6.73. The fourth-order valence-corrected chi connectivity index (χ4v) is 1.72. The van der Waals surface area contributed by atoms with Crippen molar-refractivity contribution in [3.05, 3.63) is 0 Å². The van der Waals surface area contributed by atoms with E-state index in [0.717, 1.165) is 0 Å². The lowest BCUT2D eigenvalue weighted by Gasteiger charge is -1.90. The topological polar surface area (TPSA) is 0 Å². The largest absolute Gasteiger partial charge is 0.136 e. The molecule has 0 heterocycles. The van der Waals surface area contributed by atoms with E-state index in [2.05, 4.69) is 24.8 Å². The quantitative estimate of drug-likeness (QED) is 0.415. The van der Waals surface area contributed by atoms with Crippen molar-refractivity contribution in [1.82, 2.24) is 0 Å². The fraction of sp³-hybridized carbons (Fsp3) is 0.800. The summed E-state index contributed by atoms with van der Waals surface area (Å²) in [6.45, 7) is 2.18. The van der Waals surface area contributed by atoms with Crippen LogP contribution in [-0.4, -0.2) is 17.9 Å². The highest BCUT2D eigenvalue weighted by Gasteiger charge is 1.74. The summed E-state index contributed by atoms with van der Waals surface area (Å²) < 4.78 is 0. The first kappa shape index (κ1) is 7.57. The third-order valence-electron chi connectivity index (χ3n) is 0.664. The molecule has 0 aliphatic carbocycles. The van der Waals surface area contributed by atoms with Gasteiger partial charge in [0.2, 0.25) is 0 Å². The molecule has 0 bridgehead atoms. The minimum atomic E-state index is 0.515. The van der Waals surface area contributed by atoms with E-state index in [9.17, 15) is 0 Å². The van der Waals surface area contributed by atoms with Gasteiger partial charge in [-0.25, -0.2) is 0 Å². The Hall–Kier alpha value is 0.570. The Balaban J connectivity index is 3.29. The first-order chi connectivity index (χ1) is 3.31. The molecule has 0 fully saturated rings. The first-order valence-corrected chi connectivity index (χ1v) is 5.77. The second kappa shape index (κ2) is 4.72. The zero-order chi connectivity index (χ0) is 5.70. The number of hydrogen-bond donors (Lipinski definition) is 0. The third kappa shape index (κ3) is 4.42. The molecule has 0 spiro atoms. The van der Waals surface area contributed by atoms with E-state index in [1.165, 1.54) is 6.42 Å². The summed E-state index contributed by atoms with van der Waals surface area (Å²) in [6, 6.07) is 0. The van der Waals surface area contributed by atoms with Crippen molar-refractivity contribution in [2.24, 2.45) is 0 Å². The molecule has 0 aromatic rings. The minimum absolute atomic E-state index is 0.515. The van der Waals surface area contributed by atoms with Gasteiger partial charge >= 0.3 is 0 Å². The standard InChI is InChI=1S/C5H12S2/c1-4-5-7(3)6-2/h5H,4H2,1-3H3. The van der Waals surface area contributed by atoms with Crippen LogP contribution in [-0.2, 0) is 0 Å². The maximum atomic E-state index is 2.34. The van der Waals surface area contributed by atoms with Gasteiger partial charge in [0.05, 0.1) is 0 Å². The lowest BCUT2D eigenvalue weighted by molar-refractivity contribution is 1.35. The molecule has 0 aliphatic rings. The van der Waals surface area contributed by atoms with Gasteiger partial charge < -0.3 is 0 Å². The smallest absolute Gasteiger partial charge is 0.00841 e. The Morgan fingerprint density at radius 3 is 2.43 bits per heavy atom. The monoisotopic (exact) mass is 136 g/mol. The van der Waals surface area contributed by atoms with Gasteiger partial charge in [0.1, 0.15) is 0 Å². The van der Waals surface area contributed by atoms with Crippen molar-refractivity contribution in [1.29, 1.82) is 0 Å². The van der Waals surface area contributed by atoms with Crippen LogP contribution < -0.4 is 0 Å². The average molecular weight is 136 g/mol. The van der Waals surface area contributed by atoms with Crippen LogP contribution in [0.3, 0.4) is 0 Å². The maximum Gasteiger partial charge on any atom is -0.00841 e. The molecule has 0 rings (SSSR count). The molecule has 1 atom stereocenters. The van der Waals surface area contributed by atoms with E-state index in [4.69, 9.17) is 0 Å². The number of hydrogen-bond acceptors (Lipinski definition) is 1. The summed E-state index contributed by atoms with van der Waals surface area (Å²) in [5, 5.41) is 2.34. The molecule has 44 valence electrons. The molecule has 0 saturated carbocycles. The lowest BCUT2D eigenvalue weighted by Crippen LogP contribution is -1.63. The summed E-state index contributed by atoms with van der Waals surface area (Å²) in [4.78, 5) is 0. The molecule has 1 unspecified atom stereocenters. The first-order valence-electron chi connectivity index (χ1n) is 2.33. The van der Waals surface area contributed by atoms with Gasteiger partial charge in [-0.1, -0.05) is 12.3 Å². The maximum absolute atomic E-state index is 2.34. The second-order valence-electron chi connectivity index (χ2n) is 1.24. The molecule has 0 saturated heterocycles. The number of rotatable bonds is 2. The van der Waals surface area contributed by atoms with Crippen LogP contribution in [0.1, 0.15) is 13.3 Å². The van der Waals surface area contributed by atoms with Crippen LogP contribution in [0.15, 0.2) is 0 Å². The Morgan fingerprint density at radius 2 is 2.29 bits per heavy atom. The van der Waals surface area contributed by atoms with Gasteiger partial charge in [0.25, 0.3) is 0 Å². The minimum Gasteiger partial charge on any atom is -0.136 e. The van der Waals surface area contributed by atoms with Gasteiger partial charge in [-0.15, -0.1) is 20.3 Å². The van der Waals surface area contributed by atoms with Gasteiger partial charge in [-0.05, 0) is 18.9 Å². The van der Waals surface area contributed by atoms with Crippen molar-refractivity contribution >= 4 is 25.7 Å². The molecule has 0 aliphatic heterocycles. The molecule has 0 aromatic heterocycles. The summed E-state index contributed by atoms with van der Waals surface area (Å²) in [6.07, 6.45) is 5.60. The molecule has 7 heavy (non-hydrogen) atoms. The average Bonchev–Trinajstić information content (AvgIpc) is 1.68. The van der Waals surface area contributed by atoms with Crippen molar-refractivity contribution in [2.45, 2.75) is 13.3 Å². The van der Waals surface area contributed by atoms with Crippen molar-refractivity contribution in [3.8, 4) is 0 Å².